The predicted molar refractivity (Wildman–Crippen MR) is 149 cm³/mol. The summed E-state index contributed by atoms with van der Waals surface area (Å²) < 4.78 is 41.9. The van der Waals surface area contributed by atoms with Crippen molar-refractivity contribution in [1.29, 1.82) is 0 Å². The van der Waals surface area contributed by atoms with Crippen LogP contribution in [0.3, 0.4) is 0 Å². The number of halogens is 3. The minimum Gasteiger partial charge on any atom is -0.304 e. The molecule has 1 aromatic heterocycles. The van der Waals surface area contributed by atoms with Crippen molar-refractivity contribution in [2.75, 3.05) is 33.2 Å². The predicted octanol–water partition coefficient (Wildman–Crippen LogP) is 5.53. The first-order chi connectivity index (χ1) is 19.2. The van der Waals surface area contributed by atoms with E-state index in [2.05, 4.69) is 26.7 Å². The molecule has 0 bridgehead atoms. The van der Waals surface area contributed by atoms with E-state index in [9.17, 15) is 18.0 Å². The molecule has 8 heteroatoms. The highest BCUT2D eigenvalue weighted by Crippen LogP contribution is 2.34. The van der Waals surface area contributed by atoms with Crippen molar-refractivity contribution in [1.82, 2.24) is 19.8 Å². The van der Waals surface area contributed by atoms with Gasteiger partial charge in [-0.05, 0) is 61.0 Å². The molecule has 1 aliphatic heterocycles. The van der Waals surface area contributed by atoms with E-state index in [0.717, 1.165) is 54.3 Å². The van der Waals surface area contributed by atoms with E-state index in [1.54, 1.807) is 24.4 Å². The summed E-state index contributed by atoms with van der Waals surface area (Å²) in [5, 5.41) is 0.878. The van der Waals surface area contributed by atoms with Crippen LogP contribution in [-0.4, -0.2) is 58.8 Å². The van der Waals surface area contributed by atoms with Crippen molar-refractivity contribution in [3.05, 3.63) is 106 Å². The van der Waals surface area contributed by atoms with Crippen LogP contribution in [-0.2, 0) is 19.1 Å². The molecular weight excluding hydrogens is 513 g/mol. The normalized spacial score (nSPS) is 14.6. The Morgan fingerprint density at radius 2 is 1.77 bits per heavy atom. The van der Waals surface area contributed by atoms with Crippen LogP contribution in [0.2, 0.25) is 0 Å². The van der Waals surface area contributed by atoms with Crippen LogP contribution in [0.5, 0.6) is 0 Å². The van der Waals surface area contributed by atoms with Crippen molar-refractivity contribution in [2.45, 2.75) is 26.1 Å². The van der Waals surface area contributed by atoms with Crippen molar-refractivity contribution >= 4 is 16.7 Å². The Bertz CT molecular complexity index is 1610. The lowest BCUT2D eigenvalue weighted by Crippen LogP contribution is -2.44. The number of hydrogen-bond donors (Lipinski definition) is 0. The van der Waals surface area contributed by atoms with Crippen LogP contribution in [0.15, 0.2) is 67.1 Å². The van der Waals surface area contributed by atoms with Crippen LogP contribution in [0.1, 0.15) is 43.7 Å². The zero-order chi connectivity index (χ0) is 28.3. The maximum Gasteiger partial charge on any atom is 0.416 e. The van der Waals surface area contributed by atoms with Gasteiger partial charge >= 0.3 is 6.18 Å². The fourth-order valence-electron chi connectivity index (χ4n) is 4.80. The van der Waals surface area contributed by atoms with Gasteiger partial charge in [0.2, 0.25) is 0 Å². The smallest absolute Gasteiger partial charge is 0.304 e. The molecule has 1 aliphatic rings. The zero-order valence-corrected chi connectivity index (χ0v) is 22.4. The molecule has 2 heterocycles. The lowest BCUT2D eigenvalue weighted by molar-refractivity contribution is -0.138. The first-order valence-corrected chi connectivity index (χ1v) is 13.1. The molecule has 0 spiro atoms. The van der Waals surface area contributed by atoms with Crippen molar-refractivity contribution in [3.63, 3.8) is 0 Å². The van der Waals surface area contributed by atoms with Gasteiger partial charge in [0.05, 0.1) is 11.1 Å². The van der Waals surface area contributed by atoms with Gasteiger partial charge in [-0.3, -0.25) is 9.69 Å². The number of fused-ring (bicyclic) bond motifs is 1. The fourth-order valence-corrected chi connectivity index (χ4v) is 4.80. The lowest BCUT2D eigenvalue weighted by atomic mass is 9.96. The van der Waals surface area contributed by atoms with Gasteiger partial charge < -0.3 is 4.90 Å². The summed E-state index contributed by atoms with van der Waals surface area (Å²) in [5.74, 6) is 6.00. The molecule has 0 unspecified atom stereocenters. The first-order valence-electron chi connectivity index (χ1n) is 13.1. The van der Waals surface area contributed by atoms with Gasteiger partial charge in [-0.1, -0.05) is 36.1 Å². The number of nitrogens with zero attached hydrogens (tertiary/aromatic N) is 4. The summed E-state index contributed by atoms with van der Waals surface area (Å²) in [4.78, 5) is 25.6. The Hall–Kier alpha value is -4.06. The second-order valence-corrected chi connectivity index (χ2v) is 10.2. The Kier molecular flexibility index (Phi) is 7.97. The van der Waals surface area contributed by atoms with Crippen molar-refractivity contribution in [2.24, 2.45) is 0 Å². The monoisotopic (exact) mass is 542 g/mol. The summed E-state index contributed by atoms with van der Waals surface area (Å²) in [7, 11) is 2.01. The summed E-state index contributed by atoms with van der Waals surface area (Å²) in [6, 6.07) is 15.1. The fraction of sp³-hybridized carbons (Fsp3) is 0.281. The van der Waals surface area contributed by atoms with Gasteiger partial charge in [0.15, 0.2) is 5.78 Å². The highest BCUT2D eigenvalue weighted by molar-refractivity contribution is 5.98. The molecule has 0 N–H and O–H groups in total. The van der Waals surface area contributed by atoms with Gasteiger partial charge in [-0.2, -0.15) is 13.2 Å². The molecule has 0 radical (unpaired) electrons. The Labute approximate surface area is 231 Å². The lowest BCUT2D eigenvalue weighted by Gasteiger charge is -2.33. The molecular formula is C32H29F3N4O. The largest absolute Gasteiger partial charge is 0.416 e. The van der Waals surface area contributed by atoms with Crippen LogP contribution in [0.4, 0.5) is 13.2 Å². The Morgan fingerprint density at radius 3 is 2.55 bits per heavy atom. The Morgan fingerprint density at radius 1 is 0.975 bits per heavy atom. The molecule has 0 saturated carbocycles. The molecule has 204 valence electrons. The standard InChI is InChI=1S/C32H29F3N4O/c1-22-3-7-26(18-25(22)8-4-23-6-10-30-28(15-23)19-36-21-37-30)31(40)17-24-5-9-27(29(16-24)32(33,34)35)20-39-13-11-38(2)12-14-39/h3,5-7,9-10,15-16,18-19,21H,11-14,17,20H2,1-2H3. The van der Waals surface area contributed by atoms with Crippen LogP contribution in [0.25, 0.3) is 10.9 Å². The quantitative estimate of drug-likeness (QED) is 0.245. The van der Waals surface area contributed by atoms with E-state index < -0.39 is 11.7 Å². The highest BCUT2D eigenvalue weighted by Gasteiger charge is 2.34. The molecule has 3 aromatic carbocycles. The van der Waals surface area contributed by atoms with Gasteiger partial charge in [-0.15, -0.1) is 0 Å². The second-order valence-electron chi connectivity index (χ2n) is 10.2. The number of rotatable bonds is 5. The summed E-state index contributed by atoms with van der Waals surface area (Å²) in [6.07, 6.45) is -1.41. The van der Waals surface area contributed by atoms with E-state index >= 15 is 0 Å². The number of carbonyl (C=O) groups is 1. The summed E-state index contributed by atoms with van der Waals surface area (Å²) >= 11 is 0. The number of hydrogen-bond acceptors (Lipinski definition) is 5. The summed E-state index contributed by atoms with van der Waals surface area (Å²) in [6.45, 7) is 5.24. The van der Waals surface area contributed by atoms with Crippen LogP contribution < -0.4 is 0 Å². The van der Waals surface area contributed by atoms with E-state index in [1.165, 1.54) is 12.4 Å². The first kappa shape index (κ1) is 27.5. The molecule has 0 atom stereocenters. The number of aromatic nitrogens is 2. The number of carbonyl (C=O) groups excluding carboxylic acids is 1. The average molecular weight is 543 g/mol. The molecule has 0 aliphatic carbocycles. The zero-order valence-electron chi connectivity index (χ0n) is 22.4. The third-order valence-corrected chi connectivity index (χ3v) is 7.24. The van der Waals surface area contributed by atoms with E-state index in [-0.39, 0.29) is 24.3 Å². The number of ketones is 1. The maximum absolute atomic E-state index is 14.0. The SMILES string of the molecule is Cc1ccc(C(=O)Cc2ccc(CN3CCN(C)CC3)c(C(F)(F)F)c2)cc1C#Cc1ccc2ncncc2c1. The number of alkyl halides is 3. The maximum atomic E-state index is 14.0. The van der Waals surface area contributed by atoms with E-state index in [0.29, 0.717) is 16.7 Å². The van der Waals surface area contributed by atoms with Gasteiger partial charge in [0.25, 0.3) is 0 Å². The highest BCUT2D eigenvalue weighted by atomic mass is 19.4. The van der Waals surface area contributed by atoms with E-state index in [4.69, 9.17) is 0 Å². The molecule has 5 rings (SSSR count). The van der Waals surface area contributed by atoms with Crippen molar-refractivity contribution < 1.29 is 18.0 Å². The van der Waals surface area contributed by atoms with Crippen LogP contribution in [0, 0.1) is 18.8 Å². The minimum atomic E-state index is -4.50. The number of piperazine rings is 1. The van der Waals surface area contributed by atoms with Gasteiger partial charge in [0, 0.05) is 67.4 Å². The van der Waals surface area contributed by atoms with Crippen molar-refractivity contribution in [3.8, 4) is 11.8 Å². The Balaban J connectivity index is 1.34. The number of Topliss-reactive ketones (excluding diaryl/α,β-unsaturated/α-hetero) is 1. The molecule has 4 aromatic rings. The topological polar surface area (TPSA) is 49.3 Å². The number of aryl methyl sites for hydroxylation is 1. The van der Waals surface area contributed by atoms with Gasteiger partial charge in [0.1, 0.15) is 6.33 Å². The molecule has 1 fully saturated rings. The molecule has 0 amide bonds. The van der Waals surface area contributed by atoms with E-state index in [1.807, 2.05) is 43.1 Å². The third-order valence-electron chi connectivity index (χ3n) is 7.24. The number of likely N-dealkylation sites (N-methyl/N-ethyl adjacent to an activating group) is 1. The average Bonchev–Trinajstić information content (AvgIpc) is 2.94. The molecule has 1 saturated heterocycles. The number of benzene rings is 3. The molecule has 40 heavy (non-hydrogen) atoms. The van der Waals surface area contributed by atoms with Gasteiger partial charge in [-0.25, -0.2) is 9.97 Å². The third kappa shape index (κ3) is 6.56. The minimum absolute atomic E-state index is 0.127. The van der Waals surface area contributed by atoms with Crippen LogP contribution >= 0.6 is 0 Å². The second kappa shape index (κ2) is 11.6. The molecule has 5 nitrogen and oxygen atoms in total. The summed E-state index contributed by atoms with van der Waals surface area (Å²) in [5.41, 5.74) is 3.52.